The van der Waals surface area contributed by atoms with Gasteiger partial charge in [-0.3, -0.25) is 9.59 Å². The van der Waals surface area contributed by atoms with Crippen molar-refractivity contribution in [2.45, 2.75) is 33.6 Å². The van der Waals surface area contributed by atoms with E-state index in [-0.39, 0.29) is 11.9 Å². The molecule has 0 spiro atoms. The van der Waals surface area contributed by atoms with Crippen molar-refractivity contribution >= 4 is 11.9 Å². The number of esters is 2. The van der Waals surface area contributed by atoms with Gasteiger partial charge in [-0.05, 0) is 41.3 Å². The number of hydrogen-bond donors (Lipinski definition) is 0. The Bertz CT molecular complexity index is 687. The largest absolute Gasteiger partial charge is 0.427 e. The van der Waals surface area contributed by atoms with Crippen LogP contribution in [0, 0.1) is 5.92 Å². The van der Waals surface area contributed by atoms with E-state index in [2.05, 4.69) is 6.92 Å². The molecule has 2 aromatic rings. The lowest BCUT2D eigenvalue weighted by Crippen LogP contribution is -2.11. The minimum atomic E-state index is -0.341. The Hall–Kier alpha value is -2.62. The van der Waals surface area contributed by atoms with Crippen molar-refractivity contribution in [2.24, 2.45) is 5.92 Å². The molecular formula is C20H22O4. The average molecular weight is 326 g/mol. The second-order valence-corrected chi connectivity index (χ2v) is 5.83. The standard InChI is InChI=1S/C20H22O4/c1-4-14(2)13-20(22)24-19-11-7-17(8-12-19)16-5-9-18(10-6-16)23-15(3)21/h5-12,14H,4,13H2,1-3H3. The molecule has 0 N–H and O–H groups in total. The number of hydrogen-bond acceptors (Lipinski definition) is 4. The van der Waals surface area contributed by atoms with E-state index in [1.165, 1.54) is 6.92 Å². The maximum Gasteiger partial charge on any atom is 0.311 e. The first-order valence-corrected chi connectivity index (χ1v) is 8.07. The van der Waals surface area contributed by atoms with E-state index < -0.39 is 0 Å². The molecule has 0 aliphatic carbocycles. The predicted octanol–water partition coefficient (Wildman–Crippen LogP) is 4.62. The van der Waals surface area contributed by atoms with Crippen LogP contribution in [0.2, 0.25) is 0 Å². The second-order valence-electron chi connectivity index (χ2n) is 5.83. The fraction of sp³-hybridized carbons (Fsp3) is 0.300. The van der Waals surface area contributed by atoms with Crippen molar-refractivity contribution < 1.29 is 19.1 Å². The topological polar surface area (TPSA) is 52.6 Å². The lowest BCUT2D eigenvalue weighted by molar-refractivity contribution is -0.135. The van der Waals surface area contributed by atoms with E-state index in [4.69, 9.17) is 9.47 Å². The van der Waals surface area contributed by atoms with E-state index in [1.807, 2.05) is 31.2 Å². The fourth-order valence-electron chi connectivity index (χ4n) is 2.20. The first kappa shape index (κ1) is 17.7. The summed E-state index contributed by atoms with van der Waals surface area (Å²) < 4.78 is 10.4. The minimum Gasteiger partial charge on any atom is -0.427 e. The van der Waals surface area contributed by atoms with Gasteiger partial charge in [0.15, 0.2) is 0 Å². The van der Waals surface area contributed by atoms with Gasteiger partial charge < -0.3 is 9.47 Å². The molecule has 0 saturated heterocycles. The molecule has 24 heavy (non-hydrogen) atoms. The third kappa shape index (κ3) is 5.23. The highest BCUT2D eigenvalue weighted by Gasteiger charge is 2.10. The molecule has 0 heterocycles. The van der Waals surface area contributed by atoms with Crippen molar-refractivity contribution in [1.82, 2.24) is 0 Å². The molecule has 0 saturated carbocycles. The Kier molecular flexibility index (Phi) is 6.13. The second kappa shape index (κ2) is 8.29. The Balaban J connectivity index is 2.01. The lowest BCUT2D eigenvalue weighted by atomic mass is 10.1. The highest BCUT2D eigenvalue weighted by Crippen LogP contribution is 2.25. The molecule has 4 nitrogen and oxygen atoms in total. The molecule has 1 atom stereocenters. The van der Waals surface area contributed by atoms with Crippen LogP contribution < -0.4 is 9.47 Å². The highest BCUT2D eigenvalue weighted by molar-refractivity contribution is 5.73. The van der Waals surface area contributed by atoms with Gasteiger partial charge >= 0.3 is 11.9 Å². The van der Waals surface area contributed by atoms with Crippen LogP contribution in [0.1, 0.15) is 33.6 Å². The zero-order chi connectivity index (χ0) is 17.5. The molecule has 0 amide bonds. The molecule has 0 aromatic heterocycles. The lowest BCUT2D eigenvalue weighted by Gasteiger charge is -2.09. The summed E-state index contributed by atoms with van der Waals surface area (Å²) in [5, 5.41) is 0. The number of rotatable bonds is 6. The van der Waals surface area contributed by atoms with Crippen molar-refractivity contribution in [3.05, 3.63) is 48.5 Å². The zero-order valence-corrected chi connectivity index (χ0v) is 14.2. The third-order valence-electron chi connectivity index (χ3n) is 3.75. The average Bonchev–Trinajstić information content (AvgIpc) is 2.55. The summed E-state index contributed by atoms with van der Waals surface area (Å²) in [6.07, 6.45) is 1.38. The molecule has 126 valence electrons. The van der Waals surface area contributed by atoms with Gasteiger partial charge in [0.2, 0.25) is 0 Å². The van der Waals surface area contributed by atoms with Crippen LogP contribution in [0.3, 0.4) is 0 Å². The van der Waals surface area contributed by atoms with Crippen LogP contribution in [0.25, 0.3) is 11.1 Å². The van der Waals surface area contributed by atoms with Crippen LogP contribution in [0.5, 0.6) is 11.5 Å². The summed E-state index contributed by atoms with van der Waals surface area (Å²) in [5.74, 6) is 0.840. The van der Waals surface area contributed by atoms with Gasteiger partial charge in [-0.1, -0.05) is 44.5 Å². The van der Waals surface area contributed by atoms with Crippen molar-refractivity contribution in [3.8, 4) is 22.6 Å². The van der Waals surface area contributed by atoms with E-state index in [0.717, 1.165) is 17.5 Å². The van der Waals surface area contributed by atoms with Crippen LogP contribution in [0.15, 0.2) is 48.5 Å². The first-order valence-electron chi connectivity index (χ1n) is 8.07. The Morgan fingerprint density at radius 3 is 1.75 bits per heavy atom. The molecule has 2 aromatic carbocycles. The van der Waals surface area contributed by atoms with E-state index >= 15 is 0 Å². The van der Waals surface area contributed by atoms with Crippen LogP contribution in [0.4, 0.5) is 0 Å². The van der Waals surface area contributed by atoms with Crippen molar-refractivity contribution in [1.29, 1.82) is 0 Å². The van der Waals surface area contributed by atoms with Gasteiger partial charge in [-0.25, -0.2) is 0 Å². The quantitative estimate of drug-likeness (QED) is 0.574. The molecule has 2 rings (SSSR count). The molecule has 4 heteroatoms. The summed E-state index contributed by atoms with van der Waals surface area (Å²) >= 11 is 0. The normalized spacial score (nSPS) is 11.6. The smallest absolute Gasteiger partial charge is 0.311 e. The monoisotopic (exact) mass is 326 g/mol. The Morgan fingerprint density at radius 2 is 1.33 bits per heavy atom. The van der Waals surface area contributed by atoms with Gasteiger partial charge in [0.25, 0.3) is 0 Å². The maximum atomic E-state index is 11.8. The van der Waals surface area contributed by atoms with Crippen molar-refractivity contribution in [3.63, 3.8) is 0 Å². The Labute approximate surface area is 142 Å². The van der Waals surface area contributed by atoms with Gasteiger partial charge in [0, 0.05) is 13.3 Å². The van der Waals surface area contributed by atoms with Gasteiger partial charge in [-0.15, -0.1) is 0 Å². The SMILES string of the molecule is CCC(C)CC(=O)Oc1ccc(-c2ccc(OC(C)=O)cc2)cc1. The summed E-state index contributed by atoms with van der Waals surface area (Å²) in [4.78, 5) is 22.7. The first-order chi connectivity index (χ1) is 11.5. The Morgan fingerprint density at radius 1 is 0.875 bits per heavy atom. The summed E-state index contributed by atoms with van der Waals surface area (Å²) in [6, 6.07) is 14.6. The fourth-order valence-corrected chi connectivity index (χ4v) is 2.20. The number of ether oxygens (including phenoxy) is 2. The van der Waals surface area contributed by atoms with Crippen molar-refractivity contribution in [2.75, 3.05) is 0 Å². The molecule has 0 bridgehead atoms. The maximum absolute atomic E-state index is 11.8. The highest BCUT2D eigenvalue weighted by atomic mass is 16.5. The molecule has 0 radical (unpaired) electrons. The number of carbonyl (C=O) groups is 2. The molecular weight excluding hydrogens is 304 g/mol. The van der Waals surface area contributed by atoms with Gasteiger partial charge in [-0.2, -0.15) is 0 Å². The summed E-state index contributed by atoms with van der Waals surface area (Å²) in [5.41, 5.74) is 1.98. The molecule has 0 aliphatic heterocycles. The van der Waals surface area contributed by atoms with E-state index in [0.29, 0.717) is 23.8 Å². The summed E-state index contributed by atoms with van der Waals surface area (Å²) in [7, 11) is 0. The predicted molar refractivity (Wildman–Crippen MR) is 92.9 cm³/mol. The number of carbonyl (C=O) groups excluding carboxylic acids is 2. The summed E-state index contributed by atoms with van der Waals surface area (Å²) in [6.45, 7) is 5.46. The molecule has 0 fully saturated rings. The molecule has 1 unspecified atom stereocenters. The van der Waals surface area contributed by atoms with Gasteiger partial charge in [0.05, 0.1) is 0 Å². The number of benzene rings is 2. The minimum absolute atomic E-state index is 0.206. The van der Waals surface area contributed by atoms with Crippen LogP contribution >= 0.6 is 0 Å². The van der Waals surface area contributed by atoms with E-state index in [9.17, 15) is 9.59 Å². The van der Waals surface area contributed by atoms with Crippen LogP contribution in [-0.2, 0) is 9.59 Å². The van der Waals surface area contributed by atoms with Gasteiger partial charge in [0.1, 0.15) is 11.5 Å². The molecule has 0 aliphatic rings. The third-order valence-corrected chi connectivity index (χ3v) is 3.75. The van der Waals surface area contributed by atoms with Crippen LogP contribution in [-0.4, -0.2) is 11.9 Å². The van der Waals surface area contributed by atoms with E-state index in [1.54, 1.807) is 24.3 Å². The zero-order valence-electron chi connectivity index (χ0n) is 14.2.